The summed E-state index contributed by atoms with van der Waals surface area (Å²) in [7, 11) is 1.51. The maximum absolute atomic E-state index is 12.8. The van der Waals surface area contributed by atoms with Crippen LogP contribution in [0, 0.1) is 0 Å². The first-order valence-electron chi connectivity index (χ1n) is 8.32. The number of esters is 1. The van der Waals surface area contributed by atoms with Crippen molar-refractivity contribution in [1.29, 1.82) is 0 Å². The standard InChI is InChI=1S/C18H26N2O5/c1-4-25-17(22)10-13-20(12-7-11-19-14(2)21)18(23)15-8-5-6-9-16(15)24-3/h5-6,8-9H,4,7,10-13H2,1-3H3,(H,19,21). The summed E-state index contributed by atoms with van der Waals surface area (Å²) in [5, 5.41) is 2.69. The molecule has 7 nitrogen and oxygen atoms in total. The zero-order chi connectivity index (χ0) is 18.7. The van der Waals surface area contributed by atoms with E-state index in [0.29, 0.717) is 37.4 Å². The fraction of sp³-hybridized carbons (Fsp3) is 0.500. The highest BCUT2D eigenvalue weighted by Crippen LogP contribution is 2.19. The Hall–Kier alpha value is -2.57. The van der Waals surface area contributed by atoms with Crippen LogP contribution in [0.4, 0.5) is 0 Å². The molecule has 0 radical (unpaired) electrons. The van der Waals surface area contributed by atoms with E-state index < -0.39 is 0 Å². The second-order valence-corrected chi connectivity index (χ2v) is 5.38. The molecular weight excluding hydrogens is 324 g/mol. The molecule has 7 heteroatoms. The molecule has 0 saturated heterocycles. The summed E-state index contributed by atoms with van der Waals surface area (Å²) in [5.41, 5.74) is 0.438. The predicted octanol–water partition coefficient (Wildman–Crippen LogP) is 1.62. The van der Waals surface area contributed by atoms with Crippen LogP contribution in [0.3, 0.4) is 0 Å². The number of nitrogens with one attached hydrogen (secondary N) is 1. The molecule has 0 unspecified atom stereocenters. The van der Waals surface area contributed by atoms with Gasteiger partial charge in [0.25, 0.3) is 5.91 Å². The quantitative estimate of drug-likeness (QED) is 0.512. The van der Waals surface area contributed by atoms with E-state index in [2.05, 4.69) is 5.32 Å². The van der Waals surface area contributed by atoms with E-state index >= 15 is 0 Å². The lowest BCUT2D eigenvalue weighted by Gasteiger charge is -2.23. The third-order valence-electron chi connectivity index (χ3n) is 3.49. The Morgan fingerprint density at radius 1 is 1.16 bits per heavy atom. The predicted molar refractivity (Wildman–Crippen MR) is 93.4 cm³/mol. The monoisotopic (exact) mass is 350 g/mol. The maximum Gasteiger partial charge on any atom is 0.307 e. The van der Waals surface area contributed by atoms with Gasteiger partial charge in [-0.1, -0.05) is 12.1 Å². The second kappa shape index (κ2) is 11.1. The van der Waals surface area contributed by atoms with Gasteiger partial charge in [-0.3, -0.25) is 14.4 Å². The van der Waals surface area contributed by atoms with Gasteiger partial charge in [-0.15, -0.1) is 0 Å². The number of hydrogen-bond donors (Lipinski definition) is 1. The van der Waals surface area contributed by atoms with Gasteiger partial charge in [0.05, 0.1) is 25.7 Å². The Morgan fingerprint density at radius 2 is 1.88 bits per heavy atom. The number of nitrogens with zero attached hydrogens (tertiary/aromatic N) is 1. The molecule has 0 bridgehead atoms. The zero-order valence-corrected chi connectivity index (χ0v) is 15.0. The molecule has 1 rings (SSSR count). The molecule has 0 aliphatic carbocycles. The Labute approximate surface area is 148 Å². The average Bonchev–Trinajstić information content (AvgIpc) is 2.60. The molecular formula is C18H26N2O5. The van der Waals surface area contributed by atoms with Gasteiger partial charge in [0.1, 0.15) is 5.75 Å². The molecule has 138 valence electrons. The van der Waals surface area contributed by atoms with Gasteiger partial charge < -0.3 is 19.7 Å². The van der Waals surface area contributed by atoms with E-state index in [-0.39, 0.29) is 30.7 Å². The number of rotatable bonds is 10. The van der Waals surface area contributed by atoms with Crippen molar-refractivity contribution in [3.63, 3.8) is 0 Å². The van der Waals surface area contributed by atoms with Crippen molar-refractivity contribution in [2.75, 3.05) is 33.4 Å². The van der Waals surface area contributed by atoms with Crippen LogP contribution in [0.2, 0.25) is 0 Å². The molecule has 0 heterocycles. The van der Waals surface area contributed by atoms with E-state index in [4.69, 9.17) is 9.47 Å². The van der Waals surface area contributed by atoms with Gasteiger partial charge in [0.15, 0.2) is 0 Å². The Bertz CT molecular complexity index is 589. The number of carbonyl (C=O) groups excluding carboxylic acids is 3. The molecule has 1 N–H and O–H groups in total. The maximum atomic E-state index is 12.8. The Kier molecular flexibility index (Phi) is 9.06. The van der Waals surface area contributed by atoms with Crippen LogP contribution in [-0.2, 0) is 14.3 Å². The number of hydrogen-bond acceptors (Lipinski definition) is 5. The first-order valence-corrected chi connectivity index (χ1v) is 8.32. The van der Waals surface area contributed by atoms with Crippen LogP contribution >= 0.6 is 0 Å². The number of carbonyl (C=O) groups is 3. The minimum atomic E-state index is -0.345. The molecule has 0 aromatic heterocycles. The van der Waals surface area contributed by atoms with Crippen molar-refractivity contribution < 1.29 is 23.9 Å². The van der Waals surface area contributed by atoms with Gasteiger partial charge >= 0.3 is 5.97 Å². The number of amides is 2. The third-order valence-corrected chi connectivity index (χ3v) is 3.49. The topological polar surface area (TPSA) is 84.9 Å². The molecule has 2 amide bonds. The van der Waals surface area contributed by atoms with Crippen LogP contribution in [0.25, 0.3) is 0 Å². The van der Waals surface area contributed by atoms with Crippen LogP contribution in [0.1, 0.15) is 37.0 Å². The summed E-state index contributed by atoms with van der Waals surface area (Å²) in [4.78, 5) is 37.0. The van der Waals surface area contributed by atoms with Crippen molar-refractivity contribution in [3.8, 4) is 5.75 Å². The summed E-state index contributed by atoms with van der Waals surface area (Å²) >= 11 is 0. The van der Waals surface area contributed by atoms with E-state index in [0.717, 1.165) is 0 Å². The molecule has 0 saturated carbocycles. The van der Waals surface area contributed by atoms with E-state index in [1.165, 1.54) is 14.0 Å². The number of para-hydroxylation sites is 1. The molecule has 0 aliphatic rings. The van der Waals surface area contributed by atoms with E-state index in [1.807, 2.05) is 0 Å². The third kappa shape index (κ3) is 7.24. The molecule has 0 fully saturated rings. The van der Waals surface area contributed by atoms with Crippen LogP contribution < -0.4 is 10.1 Å². The van der Waals surface area contributed by atoms with Gasteiger partial charge in [0, 0.05) is 26.6 Å². The van der Waals surface area contributed by atoms with Crippen molar-refractivity contribution in [3.05, 3.63) is 29.8 Å². The Balaban J connectivity index is 2.78. The van der Waals surface area contributed by atoms with Gasteiger partial charge in [-0.05, 0) is 25.5 Å². The highest BCUT2D eigenvalue weighted by Gasteiger charge is 2.20. The van der Waals surface area contributed by atoms with E-state index in [9.17, 15) is 14.4 Å². The first kappa shape index (κ1) is 20.5. The van der Waals surface area contributed by atoms with Crippen molar-refractivity contribution >= 4 is 17.8 Å². The summed E-state index contributed by atoms with van der Waals surface area (Å²) in [6.45, 7) is 4.61. The Morgan fingerprint density at radius 3 is 2.52 bits per heavy atom. The van der Waals surface area contributed by atoms with Crippen LogP contribution in [0.15, 0.2) is 24.3 Å². The second-order valence-electron chi connectivity index (χ2n) is 5.38. The molecule has 0 spiro atoms. The van der Waals surface area contributed by atoms with Gasteiger partial charge in [-0.2, -0.15) is 0 Å². The highest BCUT2D eigenvalue weighted by molar-refractivity contribution is 5.97. The van der Waals surface area contributed by atoms with Crippen molar-refractivity contribution in [2.24, 2.45) is 0 Å². The average molecular weight is 350 g/mol. The largest absolute Gasteiger partial charge is 0.496 e. The van der Waals surface area contributed by atoms with Gasteiger partial charge in [0.2, 0.25) is 5.91 Å². The molecule has 0 atom stereocenters. The summed E-state index contributed by atoms with van der Waals surface area (Å²) in [6.07, 6.45) is 0.707. The normalized spacial score (nSPS) is 10.0. The number of ether oxygens (including phenoxy) is 2. The van der Waals surface area contributed by atoms with Crippen molar-refractivity contribution in [1.82, 2.24) is 10.2 Å². The van der Waals surface area contributed by atoms with E-state index in [1.54, 1.807) is 36.1 Å². The summed E-state index contributed by atoms with van der Waals surface area (Å²) < 4.78 is 10.2. The van der Waals surface area contributed by atoms with Crippen LogP contribution in [-0.4, -0.2) is 56.0 Å². The first-order chi connectivity index (χ1) is 12.0. The zero-order valence-electron chi connectivity index (χ0n) is 15.0. The van der Waals surface area contributed by atoms with Gasteiger partial charge in [-0.25, -0.2) is 0 Å². The fourth-order valence-electron chi connectivity index (χ4n) is 2.30. The smallest absolute Gasteiger partial charge is 0.307 e. The molecule has 1 aromatic carbocycles. The summed E-state index contributed by atoms with van der Waals surface area (Å²) in [5.74, 6) is -0.198. The minimum absolute atomic E-state index is 0.117. The molecule has 1 aromatic rings. The number of methoxy groups -OCH3 is 1. The highest BCUT2D eigenvalue weighted by atomic mass is 16.5. The lowest BCUT2D eigenvalue weighted by Crippen LogP contribution is -2.36. The fourth-order valence-corrected chi connectivity index (χ4v) is 2.30. The SMILES string of the molecule is CCOC(=O)CCN(CCCNC(C)=O)C(=O)c1ccccc1OC. The summed E-state index contributed by atoms with van der Waals surface area (Å²) in [6, 6.07) is 6.95. The molecule has 25 heavy (non-hydrogen) atoms. The minimum Gasteiger partial charge on any atom is -0.496 e. The van der Waals surface area contributed by atoms with Crippen molar-refractivity contribution in [2.45, 2.75) is 26.7 Å². The molecule has 0 aliphatic heterocycles. The lowest BCUT2D eigenvalue weighted by atomic mass is 10.1. The van der Waals surface area contributed by atoms with Crippen LogP contribution in [0.5, 0.6) is 5.75 Å². The lowest BCUT2D eigenvalue weighted by molar-refractivity contribution is -0.143. The number of benzene rings is 1.